The van der Waals surface area contributed by atoms with Gasteiger partial charge in [-0.3, -0.25) is 9.59 Å². The highest BCUT2D eigenvalue weighted by Crippen LogP contribution is 2.32. The van der Waals surface area contributed by atoms with Crippen molar-refractivity contribution in [1.29, 1.82) is 0 Å². The van der Waals surface area contributed by atoms with E-state index in [-0.39, 0.29) is 18.6 Å². The van der Waals surface area contributed by atoms with Gasteiger partial charge in [-0.05, 0) is 29.8 Å². The Morgan fingerprint density at radius 1 is 1.11 bits per heavy atom. The Labute approximate surface area is 162 Å². The average molecular weight is 383 g/mol. The zero-order valence-electron chi connectivity index (χ0n) is 15.2. The van der Waals surface area contributed by atoms with Gasteiger partial charge in [-0.2, -0.15) is 0 Å². The van der Waals surface area contributed by atoms with Crippen LogP contribution in [0.15, 0.2) is 42.5 Å². The number of hydrogen-bond donors (Lipinski definition) is 3. The van der Waals surface area contributed by atoms with Crippen LogP contribution in [-0.4, -0.2) is 44.4 Å². The number of fused-ring (bicyclic) bond motifs is 1. The van der Waals surface area contributed by atoms with Crippen LogP contribution in [0.25, 0.3) is 0 Å². The second-order valence-corrected chi connectivity index (χ2v) is 6.47. The molecule has 8 heteroatoms. The zero-order chi connectivity index (χ0) is 19.3. The summed E-state index contributed by atoms with van der Waals surface area (Å²) < 4.78 is 16.1. The van der Waals surface area contributed by atoms with Gasteiger partial charge in [0.2, 0.25) is 6.79 Å². The Hall–Kier alpha value is -3.10. The molecule has 1 atom stereocenters. The van der Waals surface area contributed by atoms with Gasteiger partial charge in [0.1, 0.15) is 6.10 Å². The number of amides is 2. The van der Waals surface area contributed by atoms with E-state index in [9.17, 15) is 9.59 Å². The Balaban J connectivity index is 1.40. The molecule has 2 aliphatic rings. The fourth-order valence-corrected chi connectivity index (χ4v) is 3.07. The number of hydrogen-bond acceptors (Lipinski definition) is 6. The van der Waals surface area contributed by atoms with E-state index in [0.717, 1.165) is 12.1 Å². The number of anilines is 1. The minimum Gasteiger partial charge on any atom is -0.454 e. The second-order valence-electron chi connectivity index (χ2n) is 6.47. The van der Waals surface area contributed by atoms with Crippen molar-refractivity contribution < 1.29 is 23.8 Å². The quantitative estimate of drug-likeness (QED) is 0.720. The zero-order valence-corrected chi connectivity index (χ0v) is 15.2. The fourth-order valence-electron chi connectivity index (χ4n) is 3.07. The molecule has 8 nitrogen and oxygen atoms in total. The number of ether oxygens (including phenoxy) is 3. The van der Waals surface area contributed by atoms with Crippen LogP contribution in [0.5, 0.6) is 11.5 Å². The van der Waals surface area contributed by atoms with Gasteiger partial charge >= 0.3 is 0 Å². The van der Waals surface area contributed by atoms with Crippen LogP contribution in [0.3, 0.4) is 0 Å². The van der Waals surface area contributed by atoms with E-state index in [1.54, 1.807) is 24.3 Å². The van der Waals surface area contributed by atoms with E-state index in [1.807, 2.05) is 18.2 Å². The van der Waals surface area contributed by atoms with Crippen molar-refractivity contribution in [2.24, 2.45) is 0 Å². The molecule has 3 N–H and O–H groups in total. The van der Waals surface area contributed by atoms with Crippen LogP contribution in [0.4, 0.5) is 5.69 Å². The SMILES string of the molecule is O=C(NCc1ccc2c(c1)OCO2)c1ccccc1NC(=O)[C@H]1CNCCO1. The minimum absolute atomic E-state index is 0.207. The van der Waals surface area contributed by atoms with Gasteiger partial charge in [-0.15, -0.1) is 0 Å². The van der Waals surface area contributed by atoms with E-state index >= 15 is 0 Å². The van der Waals surface area contributed by atoms with Gasteiger partial charge in [0.05, 0.1) is 17.9 Å². The molecule has 2 heterocycles. The van der Waals surface area contributed by atoms with E-state index in [4.69, 9.17) is 14.2 Å². The van der Waals surface area contributed by atoms with Gasteiger partial charge in [0.25, 0.3) is 11.8 Å². The van der Waals surface area contributed by atoms with Crippen LogP contribution < -0.4 is 25.4 Å². The highest BCUT2D eigenvalue weighted by Gasteiger charge is 2.23. The first-order valence-electron chi connectivity index (χ1n) is 9.09. The Morgan fingerprint density at radius 3 is 2.82 bits per heavy atom. The third kappa shape index (κ3) is 4.08. The number of nitrogens with one attached hydrogen (secondary N) is 3. The number of carbonyl (C=O) groups is 2. The maximum Gasteiger partial charge on any atom is 0.254 e. The van der Waals surface area contributed by atoms with E-state index in [1.165, 1.54) is 0 Å². The molecular weight excluding hydrogens is 362 g/mol. The molecule has 2 aromatic carbocycles. The molecule has 4 rings (SSSR count). The van der Waals surface area contributed by atoms with Gasteiger partial charge < -0.3 is 30.2 Å². The molecule has 146 valence electrons. The summed E-state index contributed by atoms with van der Waals surface area (Å²) in [7, 11) is 0. The van der Waals surface area contributed by atoms with E-state index in [2.05, 4.69) is 16.0 Å². The van der Waals surface area contributed by atoms with Crippen molar-refractivity contribution >= 4 is 17.5 Å². The van der Waals surface area contributed by atoms with Gasteiger partial charge in [-0.1, -0.05) is 18.2 Å². The third-order valence-electron chi connectivity index (χ3n) is 4.54. The topological polar surface area (TPSA) is 97.9 Å². The van der Waals surface area contributed by atoms with Crippen LogP contribution in [0.2, 0.25) is 0 Å². The monoisotopic (exact) mass is 383 g/mol. The van der Waals surface area contributed by atoms with Crippen LogP contribution in [0.1, 0.15) is 15.9 Å². The summed E-state index contributed by atoms with van der Waals surface area (Å²) >= 11 is 0. The predicted octanol–water partition coefficient (Wildman–Crippen LogP) is 1.27. The first kappa shape index (κ1) is 18.3. The third-order valence-corrected chi connectivity index (χ3v) is 4.54. The first-order chi connectivity index (χ1) is 13.7. The molecule has 1 saturated heterocycles. The second kappa shape index (κ2) is 8.28. The standard InChI is InChI=1S/C20H21N3O5/c24-19(22-10-13-5-6-16-17(9-13)28-12-27-16)14-3-1-2-4-15(14)23-20(25)18-11-21-7-8-26-18/h1-6,9,18,21H,7-8,10-12H2,(H,22,24)(H,23,25)/t18-/m1/s1. The average Bonchev–Trinajstić information content (AvgIpc) is 3.21. The maximum atomic E-state index is 12.7. The molecule has 2 amide bonds. The molecule has 1 fully saturated rings. The number of rotatable bonds is 5. The highest BCUT2D eigenvalue weighted by molar-refractivity contribution is 6.04. The molecule has 0 aliphatic carbocycles. The lowest BCUT2D eigenvalue weighted by Gasteiger charge is -2.23. The van der Waals surface area contributed by atoms with Crippen LogP contribution in [-0.2, 0) is 16.1 Å². The Morgan fingerprint density at radius 2 is 1.96 bits per heavy atom. The summed E-state index contributed by atoms with van der Waals surface area (Å²) in [6.45, 7) is 2.19. The molecular formula is C20H21N3O5. The minimum atomic E-state index is -0.571. The maximum absolute atomic E-state index is 12.7. The molecule has 28 heavy (non-hydrogen) atoms. The molecule has 2 aromatic rings. The van der Waals surface area contributed by atoms with Crippen LogP contribution >= 0.6 is 0 Å². The number of benzene rings is 2. The summed E-state index contributed by atoms with van der Waals surface area (Å²) in [5.74, 6) is 0.808. The summed E-state index contributed by atoms with van der Waals surface area (Å²) in [6, 6.07) is 12.4. The van der Waals surface area contributed by atoms with E-state index in [0.29, 0.717) is 42.4 Å². The summed E-state index contributed by atoms with van der Waals surface area (Å²) in [4.78, 5) is 25.1. The lowest BCUT2D eigenvalue weighted by atomic mass is 10.1. The molecule has 0 saturated carbocycles. The molecule has 0 spiro atoms. The van der Waals surface area contributed by atoms with Crippen molar-refractivity contribution in [3.8, 4) is 11.5 Å². The molecule has 0 bridgehead atoms. The van der Waals surface area contributed by atoms with Gasteiger partial charge in [-0.25, -0.2) is 0 Å². The summed E-state index contributed by atoms with van der Waals surface area (Å²) in [6.07, 6.45) is -0.571. The molecule has 0 radical (unpaired) electrons. The largest absolute Gasteiger partial charge is 0.454 e. The van der Waals surface area contributed by atoms with Crippen molar-refractivity contribution in [2.45, 2.75) is 12.6 Å². The van der Waals surface area contributed by atoms with Crippen molar-refractivity contribution in [2.75, 3.05) is 31.8 Å². The number of para-hydroxylation sites is 1. The van der Waals surface area contributed by atoms with Crippen molar-refractivity contribution in [3.05, 3.63) is 53.6 Å². The lowest BCUT2D eigenvalue weighted by Crippen LogP contribution is -2.45. The van der Waals surface area contributed by atoms with Crippen molar-refractivity contribution in [3.63, 3.8) is 0 Å². The Bertz CT molecular complexity index is 880. The predicted molar refractivity (Wildman–Crippen MR) is 101 cm³/mol. The van der Waals surface area contributed by atoms with Crippen molar-refractivity contribution in [1.82, 2.24) is 10.6 Å². The normalized spacial score (nSPS) is 17.8. The number of morpholine rings is 1. The molecule has 2 aliphatic heterocycles. The lowest BCUT2D eigenvalue weighted by molar-refractivity contribution is -0.128. The Kier molecular flexibility index (Phi) is 5.41. The summed E-state index contributed by atoms with van der Waals surface area (Å²) in [5.41, 5.74) is 1.73. The first-order valence-corrected chi connectivity index (χ1v) is 9.09. The molecule has 0 unspecified atom stereocenters. The fraction of sp³-hybridized carbons (Fsp3) is 0.300. The van der Waals surface area contributed by atoms with Gasteiger partial charge in [0, 0.05) is 19.6 Å². The van der Waals surface area contributed by atoms with Gasteiger partial charge in [0.15, 0.2) is 11.5 Å². The summed E-state index contributed by atoms with van der Waals surface area (Å²) in [5, 5.41) is 8.77. The van der Waals surface area contributed by atoms with E-state index < -0.39 is 6.10 Å². The smallest absolute Gasteiger partial charge is 0.254 e. The van der Waals surface area contributed by atoms with Crippen LogP contribution in [0, 0.1) is 0 Å². The highest BCUT2D eigenvalue weighted by atomic mass is 16.7. The number of carbonyl (C=O) groups excluding carboxylic acids is 2. The molecule has 0 aromatic heterocycles.